The molecule has 2 rings (SSSR count). The number of hydrogen-bond acceptors (Lipinski definition) is 4. The third kappa shape index (κ3) is 5.20. The molecule has 2 atom stereocenters. The predicted molar refractivity (Wildman–Crippen MR) is 88.8 cm³/mol. The van der Waals surface area contributed by atoms with Gasteiger partial charge in [0.05, 0.1) is 6.61 Å². The zero-order chi connectivity index (χ0) is 15.5. The van der Waals surface area contributed by atoms with E-state index in [1.807, 2.05) is 0 Å². The van der Waals surface area contributed by atoms with Crippen LogP contribution in [0.15, 0.2) is 0 Å². The molecule has 0 aromatic carbocycles. The van der Waals surface area contributed by atoms with Gasteiger partial charge in [0.1, 0.15) is 0 Å². The van der Waals surface area contributed by atoms with Crippen molar-refractivity contribution in [2.24, 2.45) is 5.41 Å². The van der Waals surface area contributed by atoms with Crippen LogP contribution in [0.4, 0.5) is 0 Å². The first-order valence-corrected chi connectivity index (χ1v) is 8.51. The molecule has 0 spiro atoms. The van der Waals surface area contributed by atoms with Crippen molar-refractivity contribution >= 4 is 0 Å². The smallest absolute Gasteiger partial charge is 0.0547 e. The summed E-state index contributed by atoms with van der Waals surface area (Å²) < 4.78 is 5.76. The van der Waals surface area contributed by atoms with E-state index in [1.54, 1.807) is 0 Å². The highest BCUT2D eigenvalue weighted by molar-refractivity contribution is 4.92. The zero-order valence-corrected chi connectivity index (χ0v) is 14.7. The van der Waals surface area contributed by atoms with E-state index in [2.05, 4.69) is 50.0 Å². The van der Waals surface area contributed by atoms with Crippen molar-refractivity contribution in [3.8, 4) is 0 Å². The lowest BCUT2D eigenvalue weighted by Gasteiger charge is -2.41. The third-order valence-electron chi connectivity index (χ3n) is 4.95. The van der Waals surface area contributed by atoms with Crippen LogP contribution >= 0.6 is 0 Å². The van der Waals surface area contributed by atoms with Crippen molar-refractivity contribution in [1.82, 2.24) is 15.1 Å². The maximum Gasteiger partial charge on any atom is 0.0547 e. The van der Waals surface area contributed by atoms with Gasteiger partial charge in [-0.15, -0.1) is 0 Å². The summed E-state index contributed by atoms with van der Waals surface area (Å²) in [7, 11) is 4.42. The van der Waals surface area contributed by atoms with Crippen LogP contribution < -0.4 is 5.32 Å². The molecule has 0 saturated carbocycles. The maximum atomic E-state index is 5.76. The highest BCUT2D eigenvalue weighted by Crippen LogP contribution is 2.31. The first-order chi connectivity index (χ1) is 9.80. The van der Waals surface area contributed by atoms with Crippen molar-refractivity contribution in [1.29, 1.82) is 0 Å². The minimum Gasteiger partial charge on any atom is -0.381 e. The molecular formula is C17H35N3O. The van der Waals surface area contributed by atoms with Crippen LogP contribution in [-0.2, 0) is 4.74 Å². The molecule has 2 aliphatic heterocycles. The van der Waals surface area contributed by atoms with Crippen molar-refractivity contribution in [3.05, 3.63) is 0 Å². The summed E-state index contributed by atoms with van der Waals surface area (Å²) in [6.07, 6.45) is 3.86. The molecule has 0 aromatic heterocycles. The Morgan fingerprint density at radius 2 is 2.10 bits per heavy atom. The van der Waals surface area contributed by atoms with Gasteiger partial charge in [0, 0.05) is 43.2 Å². The summed E-state index contributed by atoms with van der Waals surface area (Å²) in [5.41, 5.74) is 0.491. The van der Waals surface area contributed by atoms with Crippen LogP contribution in [0.5, 0.6) is 0 Å². The van der Waals surface area contributed by atoms with E-state index >= 15 is 0 Å². The van der Waals surface area contributed by atoms with Gasteiger partial charge in [-0.2, -0.15) is 0 Å². The first-order valence-electron chi connectivity index (χ1n) is 8.51. The van der Waals surface area contributed by atoms with Gasteiger partial charge in [-0.1, -0.05) is 0 Å². The molecule has 4 nitrogen and oxygen atoms in total. The number of hydrogen-bond donors (Lipinski definition) is 1. The fourth-order valence-corrected chi connectivity index (χ4v) is 3.49. The van der Waals surface area contributed by atoms with Gasteiger partial charge in [-0.05, 0) is 60.7 Å². The molecule has 21 heavy (non-hydrogen) atoms. The highest BCUT2D eigenvalue weighted by atomic mass is 16.5. The van der Waals surface area contributed by atoms with E-state index in [0.29, 0.717) is 11.5 Å². The summed E-state index contributed by atoms with van der Waals surface area (Å²) in [5.74, 6) is 0. The van der Waals surface area contributed by atoms with Gasteiger partial charge in [-0.3, -0.25) is 0 Å². The molecule has 2 unspecified atom stereocenters. The summed E-state index contributed by atoms with van der Waals surface area (Å²) in [6.45, 7) is 13.3. The van der Waals surface area contributed by atoms with Gasteiger partial charge >= 0.3 is 0 Å². The molecule has 124 valence electrons. The monoisotopic (exact) mass is 297 g/mol. The molecule has 2 heterocycles. The summed E-state index contributed by atoms with van der Waals surface area (Å²) >= 11 is 0. The summed E-state index contributed by atoms with van der Waals surface area (Å²) in [5, 5.41) is 3.71. The molecule has 1 N–H and O–H groups in total. The Balaban J connectivity index is 1.93. The van der Waals surface area contributed by atoms with Gasteiger partial charge in [-0.25, -0.2) is 0 Å². The van der Waals surface area contributed by atoms with E-state index < -0.39 is 0 Å². The molecule has 2 fully saturated rings. The topological polar surface area (TPSA) is 27.7 Å². The lowest BCUT2D eigenvalue weighted by atomic mass is 9.85. The SMILES string of the molecule is CN(C)C1CCCN(CC2(CNC(C)(C)C)CCOC2)C1. The fraction of sp³-hybridized carbons (Fsp3) is 1.00. The number of likely N-dealkylation sites (tertiary alicyclic amines) is 1. The first kappa shape index (κ1) is 17.2. The Labute approximate surface area is 131 Å². The van der Waals surface area contributed by atoms with Crippen molar-refractivity contribution < 1.29 is 4.74 Å². The Bertz CT molecular complexity index is 318. The Morgan fingerprint density at radius 3 is 2.67 bits per heavy atom. The Hall–Kier alpha value is -0.160. The van der Waals surface area contributed by atoms with E-state index in [-0.39, 0.29) is 5.54 Å². The maximum absolute atomic E-state index is 5.76. The lowest BCUT2D eigenvalue weighted by molar-refractivity contribution is 0.0675. The van der Waals surface area contributed by atoms with E-state index in [1.165, 1.54) is 38.9 Å². The van der Waals surface area contributed by atoms with Crippen molar-refractivity contribution in [2.75, 3.05) is 53.5 Å². The quantitative estimate of drug-likeness (QED) is 0.837. The standard InChI is InChI=1S/C17H35N3O/c1-16(2,3)18-12-17(8-10-21-14-17)13-20-9-6-7-15(11-20)19(4)5/h15,18H,6-14H2,1-5H3. The molecule has 2 saturated heterocycles. The van der Waals surface area contributed by atoms with Crippen LogP contribution in [0, 0.1) is 5.41 Å². The number of piperidine rings is 1. The number of nitrogens with zero attached hydrogens (tertiary/aromatic N) is 2. The van der Waals surface area contributed by atoms with Crippen LogP contribution in [0.2, 0.25) is 0 Å². The minimum absolute atomic E-state index is 0.184. The van der Waals surface area contributed by atoms with Crippen molar-refractivity contribution in [3.63, 3.8) is 0 Å². The van der Waals surface area contributed by atoms with Gasteiger partial charge < -0.3 is 19.9 Å². The largest absolute Gasteiger partial charge is 0.381 e. The van der Waals surface area contributed by atoms with Crippen LogP contribution in [-0.4, -0.2) is 74.9 Å². The molecule has 0 aromatic rings. The lowest BCUT2D eigenvalue weighted by Crippen LogP contribution is -2.53. The summed E-state index contributed by atoms with van der Waals surface area (Å²) in [6, 6.07) is 0.716. The normalized spacial score (nSPS) is 32.0. The molecule has 2 aliphatic rings. The molecule has 0 aliphatic carbocycles. The van der Waals surface area contributed by atoms with E-state index in [0.717, 1.165) is 19.8 Å². The molecule has 0 bridgehead atoms. The fourth-order valence-electron chi connectivity index (χ4n) is 3.49. The second kappa shape index (κ2) is 6.95. The number of ether oxygens (including phenoxy) is 1. The average Bonchev–Trinajstić information content (AvgIpc) is 2.85. The molecular weight excluding hydrogens is 262 g/mol. The summed E-state index contributed by atoms with van der Waals surface area (Å²) in [4.78, 5) is 5.06. The van der Waals surface area contributed by atoms with E-state index in [4.69, 9.17) is 4.74 Å². The van der Waals surface area contributed by atoms with Crippen LogP contribution in [0.1, 0.15) is 40.0 Å². The Kier molecular flexibility index (Phi) is 5.69. The molecule has 0 radical (unpaired) electrons. The van der Waals surface area contributed by atoms with E-state index in [9.17, 15) is 0 Å². The second-order valence-electron chi connectivity index (χ2n) is 8.40. The minimum atomic E-state index is 0.184. The number of likely N-dealkylation sites (N-methyl/N-ethyl adjacent to an activating group) is 1. The second-order valence-corrected chi connectivity index (χ2v) is 8.40. The Morgan fingerprint density at radius 1 is 1.33 bits per heavy atom. The van der Waals surface area contributed by atoms with Gasteiger partial charge in [0.15, 0.2) is 0 Å². The zero-order valence-electron chi connectivity index (χ0n) is 14.7. The predicted octanol–water partition coefficient (Wildman–Crippen LogP) is 1.81. The van der Waals surface area contributed by atoms with Crippen molar-refractivity contribution in [2.45, 2.75) is 51.6 Å². The number of rotatable bonds is 5. The highest BCUT2D eigenvalue weighted by Gasteiger charge is 2.38. The average molecular weight is 297 g/mol. The third-order valence-corrected chi connectivity index (χ3v) is 4.95. The van der Waals surface area contributed by atoms with Crippen LogP contribution in [0.3, 0.4) is 0 Å². The van der Waals surface area contributed by atoms with Gasteiger partial charge in [0.2, 0.25) is 0 Å². The number of nitrogens with one attached hydrogen (secondary N) is 1. The molecule has 0 amide bonds. The van der Waals surface area contributed by atoms with Crippen LogP contribution in [0.25, 0.3) is 0 Å². The van der Waals surface area contributed by atoms with Gasteiger partial charge in [0.25, 0.3) is 0 Å². The molecule has 4 heteroatoms.